The van der Waals surface area contributed by atoms with Gasteiger partial charge in [0, 0.05) is 0 Å². The number of rotatable bonds is 22. The second-order valence-corrected chi connectivity index (χ2v) is 10.2. The first-order chi connectivity index (χ1) is 14.6. The van der Waals surface area contributed by atoms with E-state index in [1.165, 1.54) is 70.6 Å². The van der Waals surface area contributed by atoms with Crippen molar-refractivity contribution in [2.45, 2.75) is 130 Å². The zero-order valence-corrected chi connectivity index (χ0v) is 21.2. The molecule has 5 nitrogen and oxygen atoms in total. The lowest BCUT2D eigenvalue weighted by atomic mass is 10.0. The van der Waals surface area contributed by atoms with Crippen LogP contribution in [0.2, 0.25) is 0 Å². The van der Waals surface area contributed by atoms with E-state index in [2.05, 4.69) is 6.92 Å². The molecule has 0 saturated heterocycles. The molecule has 0 heterocycles. The van der Waals surface area contributed by atoms with E-state index in [-0.39, 0.29) is 19.8 Å². The van der Waals surface area contributed by atoms with Crippen molar-refractivity contribution in [3.63, 3.8) is 0 Å². The third kappa shape index (κ3) is 14.6. The molecule has 0 bridgehead atoms. The molecule has 0 aliphatic rings. The van der Waals surface area contributed by atoms with Crippen LogP contribution in [0.3, 0.4) is 0 Å². The maximum Gasteiger partial charge on any atom is 0.344 e. The fourth-order valence-corrected chi connectivity index (χ4v) is 5.74. The second-order valence-electron chi connectivity index (χ2n) is 8.03. The first-order valence-corrected chi connectivity index (χ1v) is 14.2. The van der Waals surface area contributed by atoms with E-state index in [4.69, 9.17) is 13.8 Å². The van der Waals surface area contributed by atoms with Crippen LogP contribution < -0.4 is 0 Å². The lowest BCUT2D eigenvalue weighted by Gasteiger charge is -2.24. The average molecular weight is 449 g/mol. The van der Waals surface area contributed by atoms with Gasteiger partial charge in [-0.1, -0.05) is 96.8 Å². The van der Waals surface area contributed by atoms with Crippen molar-refractivity contribution in [1.82, 2.24) is 0 Å². The molecule has 6 heteroatoms. The van der Waals surface area contributed by atoms with Crippen LogP contribution >= 0.6 is 7.60 Å². The summed E-state index contributed by atoms with van der Waals surface area (Å²) in [4.78, 5) is 12.4. The monoisotopic (exact) mass is 448 g/mol. The summed E-state index contributed by atoms with van der Waals surface area (Å²) in [6, 6.07) is 0. The van der Waals surface area contributed by atoms with E-state index < -0.39 is 19.2 Å². The van der Waals surface area contributed by atoms with Crippen LogP contribution in [0.15, 0.2) is 0 Å². The van der Waals surface area contributed by atoms with E-state index in [1.807, 2.05) is 0 Å². The van der Waals surface area contributed by atoms with Crippen molar-refractivity contribution in [3.05, 3.63) is 0 Å². The van der Waals surface area contributed by atoms with Crippen LogP contribution in [-0.2, 0) is 23.1 Å². The second kappa shape index (κ2) is 20.5. The molecule has 0 fully saturated rings. The molecule has 1 atom stereocenters. The number of esters is 1. The molecule has 0 aromatic carbocycles. The van der Waals surface area contributed by atoms with E-state index >= 15 is 0 Å². The van der Waals surface area contributed by atoms with Gasteiger partial charge in [-0.2, -0.15) is 0 Å². The summed E-state index contributed by atoms with van der Waals surface area (Å²) in [6.45, 7) is 8.33. The summed E-state index contributed by atoms with van der Waals surface area (Å²) in [7, 11) is -3.48. The number of unbranched alkanes of at least 4 members (excludes halogenated alkanes) is 13. The highest BCUT2D eigenvalue weighted by Crippen LogP contribution is 2.55. The van der Waals surface area contributed by atoms with Gasteiger partial charge in [0.15, 0.2) is 5.66 Å². The lowest BCUT2D eigenvalue weighted by molar-refractivity contribution is -0.143. The van der Waals surface area contributed by atoms with Crippen LogP contribution in [0.4, 0.5) is 0 Å². The third-order valence-electron chi connectivity index (χ3n) is 5.39. The molecule has 30 heavy (non-hydrogen) atoms. The van der Waals surface area contributed by atoms with Gasteiger partial charge >= 0.3 is 13.6 Å². The van der Waals surface area contributed by atoms with Gasteiger partial charge in [0.2, 0.25) is 0 Å². The van der Waals surface area contributed by atoms with Crippen LogP contribution in [0, 0.1) is 0 Å². The Morgan fingerprint density at radius 1 is 0.633 bits per heavy atom. The fourth-order valence-electron chi connectivity index (χ4n) is 3.75. The molecular weight excluding hydrogens is 399 g/mol. The van der Waals surface area contributed by atoms with Crippen molar-refractivity contribution < 1.29 is 23.1 Å². The molecule has 180 valence electrons. The summed E-state index contributed by atoms with van der Waals surface area (Å²) in [5.74, 6) is -0.461. The largest absolute Gasteiger partial charge is 0.465 e. The summed E-state index contributed by atoms with van der Waals surface area (Å²) in [5, 5.41) is 0. The molecule has 0 rings (SSSR count). The van der Waals surface area contributed by atoms with Crippen LogP contribution in [0.5, 0.6) is 0 Å². The Labute approximate surface area is 186 Å². The standard InChI is InChI=1S/C24H49O5P/c1-5-9-10-11-12-13-14-15-16-17-18-19-20-21-22-23(24(25)27-6-2)30(26,28-7-3)29-8-4/h23H,5-22H2,1-4H3/t23-/m1/s1. The summed E-state index contributed by atoms with van der Waals surface area (Å²) >= 11 is 0. The molecule has 0 N–H and O–H groups in total. The van der Waals surface area contributed by atoms with Crippen LogP contribution in [-0.4, -0.2) is 31.4 Å². The van der Waals surface area contributed by atoms with Crippen molar-refractivity contribution in [3.8, 4) is 0 Å². The predicted octanol–water partition coefficient (Wildman–Crippen LogP) is 8.06. The Morgan fingerprint density at radius 2 is 1.03 bits per heavy atom. The molecule has 0 radical (unpaired) electrons. The van der Waals surface area contributed by atoms with Crippen molar-refractivity contribution in [1.29, 1.82) is 0 Å². The highest BCUT2D eigenvalue weighted by Gasteiger charge is 2.41. The molecular formula is C24H49O5P. The first-order valence-electron chi connectivity index (χ1n) is 12.6. The topological polar surface area (TPSA) is 61.8 Å². The zero-order chi connectivity index (χ0) is 22.5. The molecule has 0 aromatic rings. The lowest BCUT2D eigenvalue weighted by Crippen LogP contribution is -2.26. The van der Waals surface area contributed by atoms with Gasteiger partial charge in [0.25, 0.3) is 0 Å². The number of ether oxygens (including phenoxy) is 1. The van der Waals surface area contributed by atoms with Crippen molar-refractivity contribution in [2.75, 3.05) is 19.8 Å². The minimum Gasteiger partial charge on any atom is -0.465 e. The molecule has 0 unspecified atom stereocenters. The minimum absolute atomic E-state index is 0.256. The molecule has 0 amide bonds. The Balaban J connectivity index is 3.98. The van der Waals surface area contributed by atoms with E-state index in [0.29, 0.717) is 6.42 Å². The van der Waals surface area contributed by atoms with Crippen LogP contribution in [0.1, 0.15) is 124 Å². The summed E-state index contributed by atoms with van der Waals surface area (Å²) in [5.41, 5.74) is -0.810. The van der Waals surface area contributed by atoms with Crippen molar-refractivity contribution >= 4 is 13.6 Å². The highest BCUT2D eigenvalue weighted by molar-refractivity contribution is 7.55. The molecule has 0 aliphatic heterocycles. The van der Waals surface area contributed by atoms with Crippen LogP contribution in [0.25, 0.3) is 0 Å². The Hall–Kier alpha value is -0.380. The molecule has 0 saturated carbocycles. The van der Waals surface area contributed by atoms with Gasteiger partial charge in [-0.15, -0.1) is 0 Å². The zero-order valence-electron chi connectivity index (χ0n) is 20.3. The Bertz CT molecular complexity index is 431. The van der Waals surface area contributed by atoms with Gasteiger partial charge in [0.1, 0.15) is 0 Å². The van der Waals surface area contributed by atoms with E-state index in [0.717, 1.165) is 19.3 Å². The number of carbonyl (C=O) groups is 1. The van der Waals surface area contributed by atoms with E-state index in [9.17, 15) is 9.36 Å². The molecule has 0 spiro atoms. The van der Waals surface area contributed by atoms with Gasteiger partial charge in [-0.25, -0.2) is 0 Å². The number of carbonyl (C=O) groups excluding carboxylic acids is 1. The first kappa shape index (κ1) is 29.6. The normalized spacial score (nSPS) is 12.8. The number of hydrogen-bond donors (Lipinski definition) is 0. The quantitative estimate of drug-likeness (QED) is 0.0952. The Kier molecular flexibility index (Phi) is 20.3. The smallest absolute Gasteiger partial charge is 0.344 e. The maximum absolute atomic E-state index is 13.0. The van der Waals surface area contributed by atoms with E-state index in [1.54, 1.807) is 20.8 Å². The van der Waals surface area contributed by atoms with Gasteiger partial charge in [-0.05, 0) is 27.2 Å². The fraction of sp³-hybridized carbons (Fsp3) is 0.958. The predicted molar refractivity (Wildman–Crippen MR) is 126 cm³/mol. The summed E-state index contributed by atoms with van der Waals surface area (Å²) in [6.07, 6.45) is 18.4. The number of hydrogen-bond acceptors (Lipinski definition) is 5. The molecule has 0 aromatic heterocycles. The SMILES string of the molecule is CCCCCCCCCCCCCCCC[C@H](C(=O)OCC)P(=O)(OCC)OCC. The summed E-state index contributed by atoms with van der Waals surface area (Å²) < 4.78 is 29.0. The Morgan fingerprint density at radius 3 is 1.40 bits per heavy atom. The molecule has 0 aliphatic carbocycles. The average Bonchev–Trinajstić information content (AvgIpc) is 2.71. The maximum atomic E-state index is 13.0. The minimum atomic E-state index is -3.48. The highest BCUT2D eigenvalue weighted by atomic mass is 31.2. The third-order valence-corrected chi connectivity index (χ3v) is 7.86. The van der Waals surface area contributed by atoms with Gasteiger partial charge < -0.3 is 13.8 Å². The van der Waals surface area contributed by atoms with Gasteiger partial charge in [-0.3, -0.25) is 9.36 Å². The van der Waals surface area contributed by atoms with Crippen molar-refractivity contribution in [2.24, 2.45) is 0 Å². The van der Waals surface area contributed by atoms with Gasteiger partial charge in [0.05, 0.1) is 19.8 Å².